The maximum atomic E-state index is 13.5. The Balaban J connectivity index is 2.24. The quantitative estimate of drug-likeness (QED) is 0.798. The molecule has 3 rings (SSSR count). The smallest absolute Gasteiger partial charge is 0.371 e. The lowest BCUT2D eigenvalue weighted by molar-refractivity contribution is -0.181. The molecule has 0 amide bonds. The second-order valence-electron chi connectivity index (χ2n) is 5.68. The van der Waals surface area contributed by atoms with Gasteiger partial charge in [-0.3, -0.25) is 0 Å². The van der Waals surface area contributed by atoms with E-state index in [2.05, 4.69) is 10.1 Å². The molecule has 120 valence electrons. The van der Waals surface area contributed by atoms with Crippen molar-refractivity contribution in [3.63, 3.8) is 0 Å². The number of halogens is 5. The molecule has 0 saturated heterocycles. The van der Waals surface area contributed by atoms with Crippen LogP contribution in [-0.2, 0) is 11.8 Å². The minimum Gasteiger partial charge on any atom is -0.371 e. The van der Waals surface area contributed by atoms with Gasteiger partial charge in [-0.05, 0) is 6.92 Å². The van der Waals surface area contributed by atoms with Crippen molar-refractivity contribution in [1.82, 2.24) is 14.6 Å². The second kappa shape index (κ2) is 4.53. The van der Waals surface area contributed by atoms with Gasteiger partial charge in [-0.25, -0.2) is 18.3 Å². The first-order valence-corrected chi connectivity index (χ1v) is 6.57. The molecule has 1 unspecified atom stereocenters. The summed E-state index contributed by atoms with van der Waals surface area (Å²) in [5.74, 6) is 0. The van der Waals surface area contributed by atoms with Gasteiger partial charge in [0.05, 0.1) is 29.7 Å². The molecule has 0 saturated carbocycles. The van der Waals surface area contributed by atoms with Crippen molar-refractivity contribution in [1.29, 1.82) is 0 Å². The van der Waals surface area contributed by atoms with Crippen LogP contribution in [-0.4, -0.2) is 40.8 Å². The van der Waals surface area contributed by atoms with Crippen LogP contribution in [0.1, 0.15) is 18.3 Å². The maximum absolute atomic E-state index is 13.5. The Morgan fingerprint density at radius 2 is 2.05 bits per heavy atom. The fourth-order valence-corrected chi connectivity index (χ4v) is 2.88. The van der Waals surface area contributed by atoms with Crippen LogP contribution in [0, 0.1) is 0 Å². The Labute approximate surface area is 122 Å². The summed E-state index contributed by atoms with van der Waals surface area (Å²) in [6.45, 7) is 0.819. The normalized spacial score (nSPS) is 21.9. The van der Waals surface area contributed by atoms with E-state index >= 15 is 0 Å². The van der Waals surface area contributed by atoms with E-state index in [4.69, 9.17) is 0 Å². The van der Waals surface area contributed by atoms with Gasteiger partial charge in [0.15, 0.2) is 5.65 Å². The number of hydrogen-bond donors (Lipinski definition) is 0. The molecule has 1 aliphatic heterocycles. The van der Waals surface area contributed by atoms with Gasteiger partial charge in [0.2, 0.25) is 6.43 Å². The summed E-state index contributed by atoms with van der Waals surface area (Å²) < 4.78 is 66.6. The largest absolute Gasteiger partial charge is 0.401 e. The molecule has 1 aliphatic rings. The van der Waals surface area contributed by atoms with Crippen molar-refractivity contribution in [2.24, 2.45) is 0 Å². The van der Waals surface area contributed by atoms with E-state index in [1.54, 1.807) is 0 Å². The molecule has 0 fully saturated rings. The van der Waals surface area contributed by atoms with Crippen LogP contribution in [0.4, 0.5) is 27.6 Å². The van der Waals surface area contributed by atoms with Crippen LogP contribution in [0.25, 0.3) is 5.65 Å². The van der Waals surface area contributed by atoms with Crippen LogP contribution in [0.5, 0.6) is 0 Å². The van der Waals surface area contributed by atoms with Gasteiger partial charge in [0.1, 0.15) is 5.41 Å². The molecule has 4 nitrogen and oxygen atoms in total. The molecule has 2 aromatic heterocycles. The highest BCUT2D eigenvalue weighted by Crippen LogP contribution is 2.49. The standard InChI is InChI=1S/C13H13F5N4/c1-12(13(16,17)18)6-21(2)8-5-19-10-4-7(3-9(14)15)20-22(10)11(8)12/h4-5,9H,3,6H2,1-2H3. The van der Waals surface area contributed by atoms with Gasteiger partial charge in [0, 0.05) is 19.7 Å². The summed E-state index contributed by atoms with van der Waals surface area (Å²) in [6.07, 6.45) is -6.39. The van der Waals surface area contributed by atoms with Crippen molar-refractivity contribution < 1.29 is 22.0 Å². The number of rotatable bonds is 2. The highest BCUT2D eigenvalue weighted by Gasteiger charge is 2.59. The Morgan fingerprint density at radius 1 is 1.36 bits per heavy atom. The lowest BCUT2D eigenvalue weighted by Gasteiger charge is -2.27. The average Bonchev–Trinajstić information content (AvgIpc) is 2.87. The first kappa shape index (κ1) is 15.0. The van der Waals surface area contributed by atoms with Crippen molar-refractivity contribution in [2.75, 3.05) is 18.5 Å². The van der Waals surface area contributed by atoms with Crippen LogP contribution in [0.15, 0.2) is 12.3 Å². The Bertz CT molecular complexity index is 723. The number of fused-ring (bicyclic) bond motifs is 3. The van der Waals surface area contributed by atoms with E-state index in [9.17, 15) is 22.0 Å². The third kappa shape index (κ3) is 2.02. The summed E-state index contributed by atoms with van der Waals surface area (Å²) in [4.78, 5) is 5.47. The highest BCUT2D eigenvalue weighted by atomic mass is 19.4. The van der Waals surface area contributed by atoms with Crippen molar-refractivity contribution in [3.8, 4) is 0 Å². The second-order valence-corrected chi connectivity index (χ2v) is 5.68. The number of alkyl halides is 5. The number of hydrogen-bond acceptors (Lipinski definition) is 3. The number of nitrogens with zero attached hydrogens (tertiary/aromatic N) is 4. The van der Waals surface area contributed by atoms with Crippen LogP contribution in [0.3, 0.4) is 0 Å². The minimum atomic E-state index is -4.49. The average molecular weight is 320 g/mol. The van der Waals surface area contributed by atoms with Gasteiger partial charge in [-0.15, -0.1) is 0 Å². The van der Waals surface area contributed by atoms with Crippen molar-refractivity contribution in [2.45, 2.75) is 31.4 Å². The van der Waals surface area contributed by atoms with E-state index in [0.29, 0.717) is 5.69 Å². The van der Waals surface area contributed by atoms with E-state index in [1.165, 1.54) is 24.2 Å². The number of aromatic nitrogens is 3. The zero-order valence-electron chi connectivity index (χ0n) is 11.8. The molecule has 22 heavy (non-hydrogen) atoms. The molecular weight excluding hydrogens is 307 g/mol. The van der Waals surface area contributed by atoms with Crippen LogP contribution in [0.2, 0.25) is 0 Å². The topological polar surface area (TPSA) is 33.4 Å². The zero-order valence-corrected chi connectivity index (χ0v) is 11.8. The third-order valence-electron chi connectivity index (χ3n) is 3.99. The molecule has 0 aromatic carbocycles. The van der Waals surface area contributed by atoms with Gasteiger partial charge in [-0.2, -0.15) is 18.3 Å². The fraction of sp³-hybridized carbons (Fsp3) is 0.538. The van der Waals surface area contributed by atoms with Crippen LogP contribution >= 0.6 is 0 Å². The molecule has 9 heteroatoms. The fourth-order valence-electron chi connectivity index (χ4n) is 2.88. The maximum Gasteiger partial charge on any atom is 0.401 e. The minimum absolute atomic E-state index is 0.0231. The van der Waals surface area contributed by atoms with E-state index in [-0.39, 0.29) is 23.6 Å². The first-order chi connectivity index (χ1) is 10.1. The molecule has 1 atom stereocenters. The third-order valence-corrected chi connectivity index (χ3v) is 3.99. The molecule has 0 spiro atoms. The summed E-state index contributed by atoms with van der Waals surface area (Å²) in [5.41, 5.74) is -1.73. The van der Waals surface area contributed by atoms with Crippen molar-refractivity contribution >= 4 is 11.3 Å². The Kier molecular flexibility index (Phi) is 3.09. The van der Waals surface area contributed by atoms with Gasteiger partial charge in [0.25, 0.3) is 0 Å². The van der Waals surface area contributed by atoms with Crippen LogP contribution < -0.4 is 4.90 Å². The molecule has 0 aliphatic carbocycles. The predicted octanol–water partition coefficient (Wildman–Crippen LogP) is 2.81. The van der Waals surface area contributed by atoms with E-state index < -0.39 is 24.4 Å². The number of anilines is 1. The van der Waals surface area contributed by atoms with E-state index in [0.717, 1.165) is 11.4 Å². The first-order valence-electron chi connectivity index (χ1n) is 6.57. The monoisotopic (exact) mass is 320 g/mol. The summed E-state index contributed by atoms with van der Waals surface area (Å²) in [6, 6.07) is 1.29. The Hall–Kier alpha value is -1.93. The molecular formula is C13H13F5N4. The molecule has 0 bridgehead atoms. The molecule has 0 radical (unpaired) electrons. The lowest BCUT2D eigenvalue weighted by atomic mass is 9.88. The summed E-state index contributed by atoms with van der Waals surface area (Å²) in [5, 5.41) is 3.92. The number of likely N-dealkylation sites (N-methyl/N-ethyl adjacent to an activating group) is 1. The molecule has 3 heterocycles. The zero-order chi connectivity index (χ0) is 16.3. The van der Waals surface area contributed by atoms with Gasteiger partial charge in [-0.1, -0.05) is 0 Å². The van der Waals surface area contributed by atoms with Gasteiger partial charge >= 0.3 is 6.18 Å². The lowest BCUT2D eigenvalue weighted by Crippen LogP contribution is -2.43. The van der Waals surface area contributed by atoms with Crippen molar-refractivity contribution in [3.05, 3.63) is 23.7 Å². The Morgan fingerprint density at radius 3 is 2.64 bits per heavy atom. The van der Waals surface area contributed by atoms with Gasteiger partial charge < -0.3 is 4.90 Å². The SMILES string of the molecule is CN1CC(C)(C(F)(F)F)c2c1cnc1cc(CC(F)F)nn21. The molecule has 0 N–H and O–H groups in total. The highest BCUT2D eigenvalue weighted by molar-refractivity contribution is 5.62. The summed E-state index contributed by atoms with van der Waals surface area (Å²) in [7, 11) is 1.53. The summed E-state index contributed by atoms with van der Waals surface area (Å²) >= 11 is 0. The predicted molar refractivity (Wildman–Crippen MR) is 69.4 cm³/mol. The molecule has 2 aromatic rings. The van der Waals surface area contributed by atoms with E-state index in [1.807, 2.05) is 0 Å².